The summed E-state index contributed by atoms with van der Waals surface area (Å²) in [5.41, 5.74) is 4.45. The number of aromatic hydroxyl groups is 1. The highest BCUT2D eigenvalue weighted by atomic mass is 32.2. The molecule has 0 spiro atoms. The third-order valence-electron chi connectivity index (χ3n) is 5.87. The first-order valence-corrected chi connectivity index (χ1v) is 13.5. The van der Waals surface area contributed by atoms with E-state index in [1.54, 1.807) is 31.2 Å². The first-order chi connectivity index (χ1) is 17.4. The number of sulfonamides is 1. The molecule has 0 aliphatic heterocycles. The van der Waals surface area contributed by atoms with E-state index >= 15 is 0 Å². The fourth-order valence-corrected chi connectivity index (χ4v) is 4.57. The number of anilines is 1. The van der Waals surface area contributed by atoms with Gasteiger partial charge in [-0.2, -0.15) is 0 Å². The lowest BCUT2D eigenvalue weighted by Crippen LogP contribution is -2.35. The number of rotatable bonds is 11. The molecule has 0 aromatic heterocycles. The van der Waals surface area contributed by atoms with Crippen molar-refractivity contribution in [2.75, 3.05) is 24.1 Å². The lowest BCUT2D eigenvalue weighted by molar-refractivity contribution is 0.0697. The Balaban J connectivity index is 1.58. The van der Waals surface area contributed by atoms with Gasteiger partial charge in [0, 0.05) is 12.6 Å². The highest BCUT2D eigenvalue weighted by Crippen LogP contribution is 2.31. The Morgan fingerprint density at radius 2 is 1.62 bits per heavy atom. The second-order valence-electron chi connectivity index (χ2n) is 9.01. The predicted octanol–water partition coefficient (Wildman–Crippen LogP) is 3.84. The molecule has 0 amide bonds. The summed E-state index contributed by atoms with van der Waals surface area (Å²) in [6.07, 6.45) is 0.0332. The number of hydrogen-bond acceptors (Lipinski definition) is 7. The molecule has 9 nitrogen and oxygen atoms in total. The topological polar surface area (TPSA) is 145 Å². The zero-order chi connectivity index (χ0) is 27.3. The maximum Gasteiger partial charge on any atom is 0.335 e. The molecule has 0 fully saturated rings. The summed E-state index contributed by atoms with van der Waals surface area (Å²) in [5, 5.41) is 32.9. The number of carboxylic acid groups (broad SMARTS) is 1. The van der Waals surface area contributed by atoms with Crippen LogP contribution < -0.4 is 14.8 Å². The third-order valence-corrected chi connectivity index (χ3v) is 6.46. The summed E-state index contributed by atoms with van der Waals surface area (Å²) >= 11 is 0. The van der Waals surface area contributed by atoms with E-state index < -0.39 is 22.1 Å². The van der Waals surface area contributed by atoms with Gasteiger partial charge < -0.3 is 25.4 Å². The van der Waals surface area contributed by atoms with E-state index in [-0.39, 0.29) is 23.0 Å². The average molecular weight is 529 g/mol. The van der Waals surface area contributed by atoms with Gasteiger partial charge in [0.15, 0.2) is 0 Å². The Morgan fingerprint density at radius 3 is 2.19 bits per heavy atom. The van der Waals surface area contributed by atoms with Gasteiger partial charge in [-0.1, -0.05) is 18.2 Å². The fraction of sp³-hybridized carbons (Fsp3) is 0.296. The lowest BCUT2D eigenvalue weighted by atomic mass is 9.99. The summed E-state index contributed by atoms with van der Waals surface area (Å²) in [6.45, 7) is 6.49. The Hall–Kier alpha value is -3.60. The molecule has 0 heterocycles. The summed E-state index contributed by atoms with van der Waals surface area (Å²) in [7, 11) is -3.58. The number of aromatic carboxylic acids is 1. The van der Waals surface area contributed by atoms with Crippen LogP contribution in [0.2, 0.25) is 0 Å². The van der Waals surface area contributed by atoms with Crippen LogP contribution in [0.4, 0.5) is 5.69 Å². The van der Waals surface area contributed by atoms with E-state index in [9.17, 15) is 23.4 Å². The van der Waals surface area contributed by atoms with Gasteiger partial charge in [0.2, 0.25) is 10.0 Å². The van der Waals surface area contributed by atoms with Gasteiger partial charge in [-0.25, -0.2) is 13.2 Å². The van der Waals surface area contributed by atoms with E-state index in [0.717, 1.165) is 34.3 Å². The van der Waals surface area contributed by atoms with Crippen molar-refractivity contribution < 1.29 is 33.3 Å². The van der Waals surface area contributed by atoms with Crippen molar-refractivity contribution in [3.8, 4) is 22.6 Å². The number of aryl methyl sites for hydroxylation is 2. The number of carbonyl (C=O) groups is 1. The first kappa shape index (κ1) is 28.0. The number of phenolic OH excluding ortho intramolecular Hbond substituents is 1. The molecule has 0 unspecified atom stereocenters. The van der Waals surface area contributed by atoms with Gasteiger partial charge >= 0.3 is 5.97 Å². The van der Waals surface area contributed by atoms with Gasteiger partial charge in [-0.05, 0) is 85.0 Å². The predicted molar refractivity (Wildman–Crippen MR) is 143 cm³/mol. The second-order valence-corrected chi connectivity index (χ2v) is 10.8. The number of aliphatic hydroxyl groups excluding tert-OH is 1. The van der Waals surface area contributed by atoms with Crippen LogP contribution in [0.5, 0.6) is 11.5 Å². The minimum Gasteiger partial charge on any atom is -0.506 e. The zero-order valence-corrected chi connectivity index (χ0v) is 22.0. The Labute approximate surface area is 216 Å². The molecule has 3 aromatic carbocycles. The van der Waals surface area contributed by atoms with Gasteiger partial charge in [-0.3, -0.25) is 4.72 Å². The largest absolute Gasteiger partial charge is 0.506 e. The van der Waals surface area contributed by atoms with E-state index in [4.69, 9.17) is 9.84 Å². The molecule has 10 heteroatoms. The van der Waals surface area contributed by atoms with E-state index in [1.807, 2.05) is 26.0 Å². The van der Waals surface area contributed by atoms with Crippen molar-refractivity contribution >= 4 is 21.7 Å². The van der Waals surface area contributed by atoms with Crippen molar-refractivity contribution in [3.63, 3.8) is 0 Å². The van der Waals surface area contributed by atoms with Gasteiger partial charge in [0.05, 0.1) is 23.6 Å². The molecule has 0 bridgehead atoms. The van der Waals surface area contributed by atoms with Crippen LogP contribution in [0.3, 0.4) is 0 Å². The number of ether oxygens (including phenoxy) is 1. The zero-order valence-electron chi connectivity index (χ0n) is 21.1. The van der Waals surface area contributed by atoms with E-state index in [0.29, 0.717) is 18.7 Å². The van der Waals surface area contributed by atoms with Crippen molar-refractivity contribution in [3.05, 3.63) is 76.9 Å². The Kier molecular flexibility index (Phi) is 8.80. The number of nitrogens with one attached hydrogen (secondary N) is 2. The van der Waals surface area contributed by atoms with Crippen LogP contribution in [0.25, 0.3) is 11.1 Å². The van der Waals surface area contributed by atoms with Crippen molar-refractivity contribution in [1.29, 1.82) is 0 Å². The van der Waals surface area contributed by atoms with E-state index in [1.165, 1.54) is 18.2 Å². The molecule has 2 atom stereocenters. The summed E-state index contributed by atoms with van der Waals surface area (Å²) in [6, 6.07) is 14.6. The second kappa shape index (κ2) is 11.6. The monoisotopic (exact) mass is 528 g/mol. The minimum absolute atomic E-state index is 0.00168. The molecule has 0 aliphatic rings. The highest BCUT2D eigenvalue weighted by molar-refractivity contribution is 7.92. The van der Waals surface area contributed by atoms with Crippen LogP contribution in [-0.4, -0.2) is 55.2 Å². The molecule has 3 rings (SSSR count). The molecule has 198 valence electrons. The fourth-order valence-electron chi connectivity index (χ4n) is 4.01. The average Bonchev–Trinajstić information content (AvgIpc) is 2.83. The number of carboxylic acids is 1. The van der Waals surface area contributed by atoms with Crippen LogP contribution in [0, 0.1) is 13.8 Å². The van der Waals surface area contributed by atoms with Crippen molar-refractivity contribution in [1.82, 2.24) is 5.32 Å². The quantitative estimate of drug-likeness (QED) is 0.186. The van der Waals surface area contributed by atoms with E-state index in [2.05, 4.69) is 10.0 Å². The third kappa shape index (κ3) is 7.45. The van der Waals surface area contributed by atoms with Crippen LogP contribution in [0.15, 0.2) is 54.6 Å². The molecule has 3 aromatic rings. The molecule has 0 radical (unpaired) electrons. The Morgan fingerprint density at radius 1 is 1.00 bits per heavy atom. The summed E-state index contributed by atoms with van der Waals surface area (Å²) in [5.74, 6) is -0.435. The number of benzene rings is 3. The SMILES string of the molecule is Cc1cc(-c2ccc(C(=O)O)cc2)cc(C)c1OCCN[C@@H](C)[C@@H](O)c1ccc(O)c(NS(C)(=O)=O)c1. The minimum atomic E-state index is -3.58. The molecular weight excluding hydrogens is 496 g/mol. The number of hydrogen-bond donors (Lipinski definition) is 5. The maximum atomic E-state index is 11.5. The molecule has 0 saturated carbocycles. The Bertz CT molecular complexity index is 1350. The lowest BCUT2D eigenvalue weighted by Gasteiger charge is -2.22. The summed E-state index contributed by atoms with van der Waals surface area (Å²) < 4.78 is 31.2. The molecule has 0 saturated heterocycles. The van der Waals surface area contributed by atoms with Gasteiger partial charge in [0.1, 0.15) is 18.1 Å². The highest BCUT2D eigenvalue weighted by Gasteiger charge is 2.18. The maximum absolute atomic E-state index is 11.5. The first-order valence-electron chi connectivity index (χ1n) is 11.7. The molecule has 0 aliphatic carbocycles. The number of aliphatic hydroxyl groups is 1. The smallest absolute Gasteiger partial charge is 0.335 e. The van der Waals surface area contributed by atoms with Gasteiger partial charge in [-0.15, -0.1) is 0 Å². The van der Waals surface area contributed by atoms with Gasteiger partial charge in [0.25, 0.3) is 0 Å². The van der Waals surface area contributed by atoms with Crippen LogP contribution >= 0.6 is 0 Å². The number of phenols is 1. The van der Waals surface area contributed by atoms with Crippen molar-refractivity contribution in [2.45, 2.75) is 32.9 Å². The van der Waals surface area contributed by atoms with Crippen LogP contribution in [-0.2, 0) is 10.0 Å². The van der Waals surface area contributed by atoms with Crippen LogP contribution in [0.1, 0.15) is 40.1 Å². The summed E-state index contributed by atoms with van der Waals surface area (Å²) in [4.78, 5) is 11.1. The molecule has 5 N–H and O–H groups in total. The van der Waals surface area contributed by atoms with Crippen molar-refractivity contribution in [2.24, 2.45) is 0 Å². The standard InChI is InChI=1S/C27H32N2O7S/c1-16-13-22(19-5-7-20(8-6-19)27(32)33)14-17(2)26(16)36-12-11-28-18(3)25(31)21-9-10-24(30)23(15-21)29-37(4,34)35/h5-10,13-15,18,25,28-31H,11-12H2,1-4H3,(H,32,33)/t18-,25+/m0/s1. The molecule has 37 heavy (non-hydrogen) atoms. The molecular formula is C27H32N2O7S. The normalized spacial score (nSPS) is 13.1.